The lowest BCUT2D eigenvalue weighted by atomic mass is 10.2. The zero-order chi connectivity index (χ0) is 21.1. The average Bonchev–Trinajstić information content (AvgIpc) is 3.10. The van der Waals surface area contributed by atoms with Crippen molar-refractivity contribution in [1.29, 1.82) is 0 Å². The summed E-state index contributed by atoms with van der Waals surface area (Å²) < 4.78 is 26.1. The molecule has 1 aliphatic rings. The van der Waals surface area contributed by atoms with Crippen molar-refractivity contribution in [2.45, 2.75) is 6.61 Å². The first-order valence-electron chi connectivity index (χ1n) is 8.93. The van der Waals surface area contributed by atoms with Crippen LogP contribution in [0.4, 0.5) is 4.39 Å². The monoisotopic (exact) mass is 577 g/mol. The number of esters is 1. The molecule has 4 rings (SSSR count). The molecular formula is C23H14BrFINO3. The van der Waals surface area contributed by atoms with Gasteiger partial charge >= 0.3 is 5.97 Å². The number of ether oxygens (including phenoxy) is 2. The molecule has 0 bridgehead atoms. The third-order valence-corrected chi connectivity index (χ3v) is 6.61. The molecule has 0 fully saturated rings. The van der Waals surface area contributed by atoms with Crippen LogP contribution in [0.5, 0.6) is 5.75 Å². The van der Waals surface area contributed by atoms with E-state index in [1.807, 2.05) is 36.4 Å². The zero-order valence-electron chi connectivity index (χ0n) is 15.4. The number of halogens is 3. The van der Waals surface area contributed by atoms with Crippen molar-refractivity contribution in [3.8, 4) is 5.75 Å². The number of cyclic esters (lactones) is 1. The Bertz CT molecular complexity index is 1180. The maximum Gasteiger partial charge on any atom is 0.363 e. The summed E-state index contributed by atoms with van der Waals surface area (Å²) in [6, 6.07) is 19.1. The van der Waals surface area contributed by atoms with E-state index in [0.717, 1.165) is 24.7 Å². The van der Waals surface area contributed by atoms with Crippen LogP contribution >= 0.6 is 38.5 Å². The van der Waals surface area contributed by atoms with Crippen LogP contribution in [0.2, 0.25) is 0 Å². The average molecular weight is 578 g/mol. The van der Waals surface area contributed by atoms with Crippen molar-refractivity contribution in [2.24, 2.45) is 4.99 Å². The van der Waals surface area contributed by atoms with Gasteiger partial charge in [-0.25, -0.2) is 14.2 Å². The summed E-state index contributed by atoms with van der Waals surface area (Å²) in [6.45, 7) is 0.312. The van der Waals surface area contributed by atoms with E-state index in [2.05, 4.69) is 43.5 Å². The number of aliphatic imine (C=N–C) groups is 1. The van der Waals surface area contributed by atoms with Crippen LogP contribution in [-0.4, -0.2) is 11.9 Å². The highest BCUT2D eigenvalue weighted by atomic mass is 127. The van der Waals surface area contributed by atoms with Crippen LogP contribution < -0.4 is 4.74 Å². The van der Waals surface area contributed by atoms with Crippen LogP contribution in [0, 0.1) is 9.39 Å². The van der Waals surface area contributed by atoms with Crippen molar-refractivity contribution >= 4 is 56.5 Å². The highest BCUT2D eigenvalue weighted by Crippen LogP contribution is 2.25. The molecule has 0 unspecified atom stereocenters. The Morgan fingerprint density at radius 3 is 2.67 bits per heavy atom. The third-order valence-electron chi connectivity index (χ3n) is 4.27. The molecule has 0 radical (unpaired) electrons. The molecule has 0 saturated carbocycles. The Labute approximate surface area is 194 Å². The highest BCUT2D eigenvalue weighted by Gasteiger charge is 2.24. The molecule has 1 heterocycles. The van der Waals surface area contributed by atoms with Gasteiger partial charge in [0.2, 0.25) is 5.90 Å². The lowest BCUT2D eigenvalue weighted by molar-refractivity contribution is -0.129. The van der Waals surface area contributed by atoms with E-state index in [-0.39, 0.29) is 17.4 Å². The molecule has 0 aliphatic carbocycles. The Morgan fingerprint density at radius 2 is 1.90 bits per heavy atom. The first-order chi connectivity index (χ1) is 14.5. The molecule has 3 aromatic rings. The second kappa shape index (κ2) is 9.09. The van der Waals surface area contributed by atoms with Gasteiger partial charge in [-0.2, -0.15) is 0 Å². The van der Waals surface area contributed by atoms with Gasteiger partial charge in [0.25, 0.3) is 0 Å². The zero-order valence-corrected chi connectivity index (χ0v) is 19.2. The molecule has 0 amide bonds. The summed E-state index contributed by atoms with van der Waals surface area (Å²) >= 11 is 5.68. The second-order valence-corrected chi connectivity index (χ2v) is 8.47. The summed E-state index contributed by atoms with van der Waals surface area (Å²) in [4.78, 5) is 16.6. The smallest absolute Gasteiger partial charge is 0.363 e. The van der Waals surface area contributed by atoms with Crippen molar-refractivity contribution in [3.05, 3.63) is 103 Å². The summed E-state index contributed by atoms with van der Waals surface area (Å²) in [5.74, 6) is 0.114. The van der Waals surface area contributed by atoms with Gasteiger partial charge in [0.15, 0.2) is 5.70 Å². The Morgan fingerprint density at radius 1 is 1.10 bits per heavy atom. The number of carbonyl (C=O) groups is 1. The van der Waals surface area contributed by atoms with Crippen molar-refractivity contribution in [2.75, 3.05) is 0 Å². The molecule has 30 heavy (non-hydrogen) atoms. The molecule has 0 spiro atoms. The van der Waals surface area contributed by atoms with E-state index in [1.54, 1.807) is 24.3 Å². The number of carbonyl (C=O) groups excluding carboxylic acids is 1. The molecule has 0 aromatic heterocycles. The first-order valence-corrected chi connectivity index (χ1v) is 10.8. The predicted octanol–water partition coefficient (Wildman–Crippen LogP) is 6.12. The van der Waals surface area contributed by atoms with E-state index in [0.29, 0.717) is 12.4 Å². The van der Waals surface area contributed by atoms with Gasteiger partial charge in [-0.3, -0.25) is 0 Å². The van der Waals surface area contributed by atoms with Gasteiger partial charge in [0.1, 0.15) is 18.2 Å². The fourth-order valence-corrected chi connectivity index (χ4v) is 3.48. The van der Waals surface area contributed by atoms with Crippen molar-refractivity contribution in [1.82, 2.24) is 0 Å². The summed E-state index contributed by atoms with van der Waals surface area (Å²) in [7, 11) is 0. The Hall–Kier alpha value is -2.52. The highest BCUT2D eigenvalue weighted by molar-refractivity contribution is 14.1. The van der Waals surface area contributed by atoms with Gasteiger partial charge in [-0.05, 0) is 98.2 Å². The SMILES string of the molecule is O=C1OC(c2ccc(I)c(Br)c2)=N/C1=C\c1cccc(OCc2ccc(F)cc2)c1. The van der Waals surface area contributed by atoms with Gasteiger partial charge in [-0.1, -0.05) is 24.3 Å². The van der Waals surface area contributed by atoms with Crippen LogP contribution in [0.3, 0.4) is 0 Å². The first kappa shape index (κ1) is 20.7. The van der Waals surface area contributed by atoms with Crippen molar-refractivity contribution in [3.63, 3.8) is 0 Å². The minimum atomic E-state index is -0.502. The topological polar surface area (TPSA) is 47.9 Å². The van der Waals surface area contributed by atoms with Gasteiger partial charge in [-0.15, -0.1) is 0 Å². The van der Waals surface area contributed by atoms with Gasteiger partial charge in [0.05, 0.1) is 0 Å². The minimum absolute atomic E-state index is 0.218. The van der Waals surface area contributed by atoms with Crippen LogP contribution in [0.15, 0.2) is 81.9 Å². The largest absolute Gasteiger partial charge is 0.489 e. The fraction of sp³-hybridized carbons (Fsp3) is 0.0435. The quantitative estimate of drug-likeness (QED) is 0.209. The fourth-order valence-electron chi connectivity index (χ4n) is 2.76. The van der Waals surface area contributed by atoms with Crippen LogP contribution in [0.25, 0.3) is 6.08 Å². The Kier molecular flexibility index (Phi) is 6.29. The van der Waals surface area contributed by atoms with E-state index in [9.17, 15) is 9.18 Å². The normalized spacial score (nSPS) is 14.6. The lowest BCUT2D eigenvalue weighted by Crippen LogP contribution is -2.05. The molecule has 0 atom stereocenters. The molecule has 4 nitrogen and oxygen atoms in total. The molecule has 7 heteroatoms. The molecule has 1 aliphatic heterocycles. The second-order valence-electron chi connectivity index (χ2n) is 6.45. The third kappa shape index (κ3) is 4.96. The summed E-state index contributed by atoms with van der Waals surface area (Å²) in [5, 5.41) is 0. The minimum Gasteiger partial charge on any atom is -0.489 e. The molecular weight excluding hydrogens is 564 g/mol. The van der Waals surface area contributed by atoms with Crippen LogP contribution in [-0.2, 0) is 16.1 Å². The molecule has 0 N–H and O–H groups in total. The number of benzene rings is 3. The van der Waals surface area contributed by atoms with E-state index < -0.39 is 5.97 Å². The molecule has 3 aromatic carbocycles. The van der Waals surface area contributed by atoms with Gasteiger partial charge < -0.3 is 9.47 Å². The number of hydrogen-bond acceptors (Lipinski definition) is 4. The number of hydrogen-bond donors (Lipinski definition) is 0. The molecule has 150 valence electrons. The van der Waals surface area contributed by atoms with E-state index >= 15 is 0 Å². The van der Waals surface area contributed by atoms with E-state index in [4.69, 9.17) is 9.47 Å². The standard InChI is InChI=1S/C23H14BrFINO3/c24-19-12-16(6-9-20(19)26)22-27-21(23(28)30-22)11-15-2-1-3-18(10-15)29-13-14-4-7-17(25)8-5-14/h1-12H,13H2/b21-11-. The Balaban J connectivity index is 1.51. The number of rotatable bonds is 5. The predicted molar refractivity (Wildman–Crippen MR) is 125 cm³/mol. The lowest BCUT2D eigenvalue weighted by Gasteiger charge is -2.07. The van der Waals surface area contributed by atoms with E-state index in [1.165, 1.54) is 12.1 Å². The molecule has 0 saturated heterocycles. The summed E-state index contributed by atoms with van der Waals surface area (Å²) in [5.41, 5.74) is 2.55. The maximum atomic E-state index is 13.0. The maximum absolute atomic E-state index is 13.0. The van der Waals surface area contributed by atoms with Crippen LogP contribution in [0.1, 0.15) is 16.7 Å². The summed E-state index contributed by atoms with van der Waals surface area (Å²) in [6.07, 6.45) is 1.65. The van der Waals surface area contributed by atoms with Crippen molar-refractivity contribution < 1.29 is 18.7 Å². The number of nitrogens with zero attached hydrogens (tertiary/aromatic N) is 1. The van der Waals surface area contributed by atoms with Gasteiger partial charge in [0, 0.05) is 13.6 Å².